The predicted octanol–water partition coefficient (Wildman–Crippen LogP) is 3.34. The molecule has 0 fully saturated rings. The lowest BCUT2D eigenvalue weighted by atomic mass is 10.1. The van der Waals surface area contributed by atoms with Crippen molar-refractivity contribution in [2.24, 2.45) is 0 Å². The zero-order valence-corrected chi connectivity index (χ0v) is 10.9. The number of halogens is 1. The van der Waals surface area contributed by atoms with Crippen LogP contribution in [-0.2, 0) is 0 Å². The molecule has 4 heteroatoms. The minimum atomic E-state index is 0.553. The molecule has 0 aliphatic rings. The first-order valence-corrected chi connectivity index (χ1v) is 5.83. The molecule has 0 unspecified atom stereocenters. The van der Waals surface area contributed by atoms with Gasteiger partial charge in [-0.25, -0.2) is 4.98 Å². The molecule has 0 bridgehead atoms. The van der Waals surface area contributed by atoms with Gasteiger partial charge in [0.05, 0.1) is 5.56 Å². The van der Waals surface area contributed by atoms with Crippen molar-refractivity contribution in [1.29, 1.82) is 5.26 Å². The minimum absolute atomic E-state index is 0.553. The van der Waals surface area contributed by atoms with Gasteiger partial charge in [-0.2, -0.15) is 5.26 Å². The van der Waals surface area contributed by atoms with E-state index >= 15 is 0 Å². The van der Waals surface area contributed by atoms with Crippen molar-refractivity contribution in [3.63, 3.8) is 0 Å². The Hall–Kier alpha value is -2.05. The number of benzene rings is 1. The smallest absolute Gasteiger partial charge is 0.146 e. The van der Waals surface area contributed by atoms with E-state index < -0.39 is 0 Å². The fraction of sp³-hybridized carbons (Fsp3) is 0.143. The van der Waals surface area contributed by atoms with Crippen LogP contribution in [0.1, 0.15) is 5.56 Å². The molecule has 3 nitrogen and oxygen atoms in total. The quantitative estimate of drug-likeness (QED) is 0.828. The van der Waals surface area contributed by atoms with E-state index in [1.807, 2.05) is 49.3 Å². The summed E-state index contributed by atoms with van der Waals surface area (Å²) >= 11 is 5.96. The van der Waals surface area contributed by atoms with E-state index in [0.717, 1.165) is 11.1 Å². The third kappa shape index (κ3) is 2.44. The van der Waals surface area contributed by atoms with Crippen LogP contribution in [0.15, 0.2) is 36.5 Å². The van der Waals surface area contributed by atoms with Crippen LogP contribution >= 0.6 is 11.6 Å². The number of rotatable bonds is 2. The number of pyridine rings is 1. The van der Waals surface area contributed by atoms with Crippen LogP contribution in [0.3, 0.4) is 0 Å². The second kappa shape index (κ2) is 5.07. The van der Waals surface area contributed by atoms with Crippen molar-refractivity contribution < 1.29 is 0 Å². The van der Waals surface area contributed by atoms with Crippen LogP contribution < -0.4 is 4.90 Å². The molecule has 0 amide bonds. The first kappa shape index (κ1) is 12.4. The van der Waals surface area contributed by atoms with E-state index in [9.17, 15) is 0 Å². The van der Waals surface area contributed by atoms with Gasteiger partial charge in [0.15, 0.2) is 0 Å². The average molecular weight is 258 g/mol. The first-order chi connectivity index (χ1) is 8.61. The monoisotopic (exact) mass is 257 g/mol. The third-order valence-electron chi connectivity index (χ3n) is 2.57. The normalized spacial score (nSPS) is 9.89. The summed E-state index contributed by atoms with van der Waals surface area (Å²) in [6.07, 6.45) is 1.75. The Labute approximate surface area is 111 Å². The summed E-state index contributed by atoms with van der Waals surface area (Å²) in [4.78, 5) is 6.14. The summed E-state index contributed by atoms with van der Waals surface area (Å²) in [5.74, 6) is 0.670. The highest BCUT2D eigenvalue weighted by molar-refractivity contribution is 6.30. The number of anilines is 1. The number of nitriles is 1. The van der Waals surface area contributed by atoms with Crippen molar-refractivity contribution in [3.05, 3.63) is 47.1 Å². The third-order valence-corrected chi connectivity index (χ3v) is 2.80. The summed E-state index contributed by atoms with van der Waals surface area (Å²) in [5.41, 5.74) is 2.40. The zero-order chi connectivity index (χ0) is 13.1. The lowest BCUT2D eigenvalue weighted by Gasteiger charge is -2.13. The van der Waals surface area contributed by atoms with Crippen molar-refractivity contribution in [1.82, 2.24) is 4.98 Å². The van der Waals surface area contributed by atoms with Gasteiger partial charge < -0.3 is 4.90 Å². The summed E-state index contributed by atoms with van der Waals surface area (Å²) in [6.45, 7) is 0. The molecule has 0 radical (unpaired) electrons. The van der Waals surface area contributed by atoms with Gasteiger partial charge in [0.1, 0.15) is 11.9 Å². The van der Waals surface area contributed by atoms with Gasteiger partial charge in [-0.15, -0.1) is 0 Å². The standard InChI is InChI=1S/C14H12ClN3/c1-18(2)14-11(8-16)6-12(9-17-14)10-4-3-5-13(15)7-10/h3-7,9H,1-2H3. The molecule has 2 aromatic rings. The minimum Gasteiger partial charge on any atom is -0.362 e. The van der Waals surface area contributed by atoms with E-state index in [-0.39, 0.29) is 0 Å². The lowest BCUT2D eigenvalue weighted by molar-refractivity contribution is 1.06. The fourth-order valence-corrected chi connectivity index (χ4v) is 1.91. The Morgan fingerprint density at radius 3 is 2.61 bits per heavy atom. The Kier molecular flexibility index (Phi) is 3.50. The molecule has 18 heavy (non-hydrogen) atoms. The van der Waals surface area contributed by atoms with Crippen molar-refractivity contribution in [2.75, 3.05) is 19.0 Å². The van der Waals surface area contributed by atoms with E-state index in [1.165, 1.54) is 0 Å². The van der Waals surface area contributed by atoms with Crippen LogP contribution in [-0.4, -0.2) is 19.1 Å². The fourth-order valence-electron chi connectivity index (χ4n) is 1.72. The second-order valence-electron chi connectivity index (χ2n) is 4.11. The molecular formula is C14H12ClN3. The van der Waals surface area contributed by atoms with Gasteiger partial charge in [0, 0.05) is 30.9 Å². The maximum atomic E-state index is 9.15. The molecule has 0 saturated heterocycles. The molecule has 90 valence electrons. The zero-order valence-electron chi connectivity index (χ0n) is 10.2. The number of nitrogens with zero attached hydrogens (tertiary/aromatic N) is 3. The molecule has 0 spiro atoms. The highest BCUT2D eigenvalue weighted by Crippen LogP contribution is 2.25. The molecule has 2 rings (SSSR count). The molecule has 0 N–H and O–H groups in total. The van der Waals surface area contributed by atoms with Crippen LogP contribution in [0.4, 0.5) is 5.82 Å². The summed E-state index contributed by atoms with van der Waals surface area (Å²) in [7, 11) is 3.73. The first-order valence-electron chi connectivity index (χ1n) is 5.45. The van der Waals surface area contributed by atoms with E-state index in [1.54, 1.807) is 6.20 Å². The second-order valence-corrected chi connectivity index (χ2v) is 4.55. The molecule has 1 aromatic carbocycles. The topological polar surface area (TPSA) is 39.9 Å². The number of aromatic nitrogens is 1. The molecule has 1 heterocycles. The molecule has 0 saturated carbocycles. The molecule has 0 aliphatic carbocycles. The van der Waals surface area contributed by atoms with Gasteiger partial charge in [0.2, 0.25) is 0 Å². The molecule has 0 aliphatic heterocycles. The van der Waals surface area contributed by atoms with Crippen LogP contribution in [0.25, 0.3) is 11.1 Å². The van der Waals surface area contributed by atoms with Gasteiger partial charge in [-0.05, 0) is 23.8 Å². The number of hydrogen-bond donors (Lipinski definition) is 0. The van der Waals surface area contributed by atoms with E-state index in [4.69, 9.17) is 16.9 Å². The van der Waals surface area contributed by atoms with Crippen LogP contribution in [0.5, 0.6) is 0 Å². The van der Waals surface area contributed by atoms with E-state index in [2.05, 4.69) is 11.1 Å². The molecule has 1 aromatic heterocycles. The Morgan fingerprint density at radius 1 is 1.22 bits per heavy atom. The molecule has 0 atom stereocenters. The van der Waals surface area contributed by atoms with Gasteiger partial charge in [-0.3, -0.25) is 0 Å². The maximum absolute atomic E-state index is 9.15. The van der Waals surface area contributed by atoms with E-state index in [0.29, 0.717) is 16.4 Å². The highest BCUT2D eigenvalue weighted by Gasteiger charge is 2.08. The summed E-state index contributed by atoms with van der Waals surface area (Å²) in [6, 6.07) is 11.5. The van der Waals surface area contributed by atoms with Crippen molar-refractivity contribution in [3.8, 4) is 17.2 Å². The van der Waals surface area contributed by atoms with Gasteiger partial charge in [0.25, 0.3) is 0 Å². The lowest BCUT2D eigenvalue weighted by Crippen LogP contribution is -2.12. The van der Waals surface area contributed by atoms with Crippen LogP contribution in [0.2, 0.25) is 5.02 Å². The van der Waals surface area contributed by atoms with Gasteiger partial charge >= 0.3 is 0 Å². The average Bonchev–Trinajstić information content (AvgIpc) is 2.37. The predicted molar refractivity (Wildman–Crippen MR) is 73.7 cm³/mol. The van der Waals surface area contributed by atoms with Crippen molar-refractivity contribution >= 4 is 17.4 Å². The van der Waals surface area contributed by atoms with Gasteiger partial charge in [-0.1, -0.05) is 23.7 Å². The Balaban J connectivity index is 2.52. The SMILES string of the molecule is CN(C)c1ncc(-c2cccc(Cl)c2)cc1C#N. The summed E-state index contributed by atoms with van der Waals surface area (Å²) < 4.78 is 0. The largest absolute Gasteiger partial charge is 0.362 e. The van der Waals surface area contributed by atoms with Crippen LogP contribution in [0, 0.1) is 11.3 Å². The van der Waals surface area contributed by atoms with Crippen molar-refractivity contribution in [2.45, 2.75) is 0 Å². The highest BCUT2D eigenvalue weighted by atomic mass is 35.5. The summed E-state index contributed by atoms with van der Waals surface area (Å²) in [5, 5.41) is 9.82. The number of hydrogen-bond acceptors (Lipinski definition) is 3. The Bertz CT molecular complexity index is 615. The Morgan fingerprint density at radius 2 is 2.00 bits per heavy atom. The molecular weight excluding hydrogens is 246 g/mol. The maximum Gasteiger partial charge on any atom is 0.146 e.